The average Bonchev–Trinajstić information content (AvgIpc) is 0. The summed E-state index contributed by atoms with van der Waals surface area (Å²) in [4.78, 5) is 0. The van der Waals surface area contributed by atoms with Crippen molar-refractivity contribution in [2.45, 2.75) is 0 Å². The van der Waals surface area contributed by atoms with Crippen molar-refractivity contribution in [3.63, 3.8) is 0 Å². The summed E-state index contributed by atoms with van der Waals surface area (Å²) < 4.78 is 0. The van der Waals surface area contributed by atoms with E-state index in [1.807, 2.05) is 0 Å². The molecule has 0 radical (unpaired) electrons. The van der Waals surface area contributed by atoms with E-state index in [0.717, 1.165) is 0 Å². The van der Waals surface area contributed by atoms with Gasteiger partial charge in [-0.3, -0.25) is 0 Å². The average molecular weight is 690 g/mol. The molecule has 0 fully saturated rings. The first kappa shape index (κ1) is 154. The summed E-state index contributed by atoms with van der Waals surface area (Å²) >= 11 is 0. The van der Waals surface area contributed by atoms with E-state index in [1.54, 1.807) is 0 Å². The summed E-state index contributed by atoms with van der Waals surface area (Å²) in [6.07, 6.45) is 0. The van der Waals surface area contributed by atoms with Crippen LogP contribution in [-0.2, 0) is 0 Å². The zero-order valence-corrected chi connectivity index (χ0v) is 25.5. The van der Waals surface area contributed by atoms with E-state index in [2.05, 4.69) is 0 Å². The number of nitrogens with zero attached hydrogens (tertiary/aromatic N) is 3. The summed E-state index contributed by atoms with van der Waals surface area (Å²) in [6.45, 7) is 0. The van der Waals surface area contributed by atoms with Gasteiger partial charge in [0.15, 0.2) is 0 Å². The van der Waals surface area contributed by atoms with Gasteiger partial charge in [-0.2, -0.15) is 0 Å². The van der Waals surface area contributed by atoms with Crippen molar-refractivity contribution in [2.75, 3.05) is 0 Å². The van der Waals surface area contributed by atoms with Crippen LogP contribution in [0.4, 0.5) is 0 Å². The third-order valence-corrected chi connectivity index (χ3v) is 0. The molecule has 0 N–H and O–H groups in total. The van der Waals surface area contributed by atoms with Crippen LogP contribution in [0.3, 0.4) is 0 Å². The number of hydrogen-bond acceptors (Lipinski definition) is 0. The normalized spacial score (nSPS) is 0. The SMILES string of the molecule is [Al+3].[Al+3].[As-3].[As-3].[As-3].[Ga+3].[Ga+3].[In+3].[In+3].[N-3].[N-3].[N-3]. The molecule has 0 atom stereocenters. The minimum absolute atomic E-state index is 0. The molecule has 12 heavy (non-hydrogen) atoms. The number of rotatable bonds is 0. The second-order valence-corrected chi connectivity index (χ2v) is 0. The van der Waals surface area contributed by atoms with E-state index in [0.29, 0.717) is 0 Å². The summed E-state index contributed by atoms with van der Waals surface area (Å²) in [5.74, 6) is 0. The summed E-state index contributed by atoms with van der Waals surface area (Å²) in [5, 5.41) is 0. The standard InChI is InChI=1S/2Al.3As.2Ga.2In.3N/q2*+3;3*-3;4*+3;3*-3. The molecule has 0 saturated carbocycles. The predicted octanol–water partition coefficient (Wildman–Crippen LogP) is -2.56. The first-order chi connectivity index (χ1) is 0. The van der Waals surface area contributed by atoms with E-state index in [4.69, 9.17) is 0 Å². The van der Waals surface area contributed by atoms with Gasteiger partial charge in [0.05, 0.1) is 0 Å². The topological polar surface area (TPSA) is 91.5 Å². The maximum absolute atomic E-state index is 0. The second kappa shape index (κ2) is 128. The summed E-state index contributed by atoms with van der Waals surface area (Å²) in [7, 11) is 0. The van der Waals surface area contributed by atoms with Gasteiger partial charge in [0.25, 0.3) is 0 Å². The van der Waals surface area contributed by atoms with Crippen LogP contribution in [0.1, 0.15) is 0 Å². The fourth-order valence-electron chi connectivity index (χ4n) is 0. The van der Waals surface area contributed by atoms with Crippen LogP contribution < -0.4 is 0 Å². The van der Waals surface area contributed by atoms with E-state index >= 15 is 0 Å². The van der Waals surface area contributed by atoms with Crippen LogP contribution in [0.15, 0.2) is 0 Å². The van der Waals surface area contributed by atoms with Crippen molar-refractivity contribution in [3.8, 4) is 0 Å². The fourth-order valence-corrected chi connectivity index (χ4v) is 0. The van der Waals surface area contributed by atoms with Gasteiger partial charge < -0.3 is 72.3 Å². The molecule has 12 heteroatoms. The maximum atomic E-state index is 0. The second-order valence-electron chi connectivity index (χ2n) is 0. The fraction of sp³-hybridized carbons (Fsp3) is 0. The molecule has 3 nitrogen and oxygen atoms in total. The predicted molar refractivity (Wildman–Crippen MR) is 61.9 cm³/mol. The number of hydrogen-bond donors (Lipinski definition) is 0. The van der Waals surface area contributed by atoms with Crippen molar-refractivity contribution < 1.29 is 0 Å². The van der Waals surface area contributed by atoms with Crippen LogP contribution in [0.5, 0.6) is 0 Å². The summed E-state index contributed by atoms with van der Waals surface area (Å²) in [6, 6.07) is 0. The van der Waals surface area contributed by atoms with E-state index < -0.39 is 0 Å². The van der Waals surface area contributed by atoms with Crippen molar-refractivity contribution in [1.29, 1.82) is 0 Å². The monoisotopic (exact) mass is 688 g/mol. The first-order valence-electron chi connectivity index (χ1n) is 0. The van der Waals surface area contributed by atoms with Crippen LogP contribution in [-0.4, -0.2) is 180 Å². The van der Waals surface area contributed by atoms with Crippen molar-refractivity contribution in [2.24, 2.45) is 0 Å². The molecule has 0 aliphatic carbocycles. The van der Waals surface area contributed by atoms with Gasteiger partial charge in [-0.15, -0.1) is 0 Å². The van der Waals surface area contributed by atoms with Crippen LogP contribution in [0, 0.1) is 0 Å². The molecule has 0 aromatic rings. The van der Waals surface area contributed by atoms with Crippen LogP contribution in [0.2, 0.25) is 0 Å². The molecule has 0 spiro atoms. The summed E-state index contributed by atoms with van der Waals surface area (Å²) in [5.41, 5.74) is 0. The third kappa shape index (κ3) is 105. The Kier molecular flexibility index (Phi) is 1640. The quantitative estimate of drug-likeness (QED) is 0.251. The van der Waals surface area contributed by atoms with Gasteiger partial charge in [-0.25, -0.2) is 0 Å². The van der Waals surface area contributed by atoms with Gasteiger partial charge in [0.1, 0.15) is 0 Å². The van der Waals surface area contributed by atoms with Gasteiger partial charge in [-0.1, -0.05) is 0 Å². The molecule has 0 saturated heterocycles. The Morgan fingerprint density at radius 1 is 0.417 bits per heavy atom. The third-order valence-electron chi connectivity index (χ3n) is 0. The molecule has 0 aliphatic heterocycles. The molecule has 0 heterocycles. The minimum Gasteiger partial charge on any atom is -3.00 e. The van der Waals surface area contributed by atoms with Gasteiger partial charge in [0.2, 0.25) is 0 Å². The molecule has 0 aliphatic rings. The zero-order valence-electron chi connectivity index (χ0n) is 6.15. The van der Waals surface area contributed by atoms with Crippen molar-refractivity contribution >= 4 is 180 Å². The smallest absolute Gasteiger partial charge is 3.00 e. The Balaban J connectivity index is 0. The van der Waals surface area contributed by atoms with Crippen molar-refractivity contribution in [1.82, 2.24) is 0 Å². The molecular formula is Al2As3Ga2In2N3. The van der Waals surface area contributed by atoms with E-state index in [1.165, 1.54) is 0 Å². The van der Waals surface area contributed by atoms with E-state index in [-0.39, 0.29) is 198 Å². The van der Waals surface area contributed by atoms with Crippen LogP contribution >= 0.6 is 0 Å². The van der Waals surface area contributed by atoms with E-state index in [9.17, 15) is 0 Å². The Hall–Kier alpha value is 5.63. The molecule has 0 aromatic carbocycles. The minimum atomic E-state index is 0. The Bertz CT molecular complexity index is 27.5. The molecular weight excluding hydrogens is 690 g/mol. The van der Waals surface area contributed by atoms with Crippen LogP contribution in [0.25, 0.3) is 18.5 Å². The molecule has 0 unspecified atom stereocenters. The van der Waals surface area contributed by atoms with Crippen molar-refractivity contribution in [3.05, 3.63) is 18.5 Å². The molecule has 48 valence electrons. The Labute approximate surface area is 194 Å². The molecule has 0 amide bonds. The Morgan fingerprint density at radius 3 is 0.417 bits per heavy atom. The molecule has 0 bridgehead atoms. The van der Waals surface area contributed by atoms with Gasteiger partial charge in [-0.05, 0) is 0 Å². The van der Waals surface area contributed by atoms with Gasteiger partial charge in [0, 0.05) is 0 Å². The largest absolute Gasteiger partial charge is 3.00 e. The Morgan fingerprint density at radius 2 is 0.417 bits per heavy atom. The van der Waals surface area contributed by atoms with Gasteiger partial charge >= 0.3 is 126 Å². The maximum Gasteiger partial charge on any atom is 3.00 e. The zero-order chi connectivity index (χ0) is 0. The molecule has 0 rings (SSSR count). The molecule has 0 aromatic heterocycles. The first-order valence-corrected chi connectivity index (χ1v) is 0.